The Morgan fingerprint density at radius 2 is 1.56 bits per heavy atom. The number of rotatable bonds is 20. The summed E-state index contributed by atoms with van der Waals surface area (Å²) in [5.74, 6) is -0.359. The Labute approximate surface area is 258 Å². The molecule has 2 heterocycles. The summed E-state index contributed by atoms with van der Waals surface area (Å²) in [5.41, 5.74) is 4.96. The predicted octanol–water partition coefficient (Wildman–Crippen LogP) is 6.68. The summed E-state index contributed by atoms with van der Waals surface area (Å²) >= 11 is 0. The van der Waals surface area contributed by atoms with E-state index in [2.05, 4.69) is 36.2 Å². The molecule has 43 heavy (non-hydrogen) atoms. The maximum absolute atomic E-state index is 13.7. The number of carbonyl (C=O) groups is 3. The SMILES string of the molecule is CCCCN(CCCC)CCCc1ccc(C(=O)c2c(CC)cc3cc(C(=O)CCNCC(=O)OC(C)C)ccn23)cc1. The van der Waals surface area contributed by atoms with Crippen LogP contribution < -0.4 is 5.32 Å². The van der Waals surface area contributed by atoms with E-state index in [0.717, 1.165) is 30.5 Å². The highest BCUT2D eigenvalue weighted by molar-refractivity contribution is 6.10. The quantitative estimate of drug-likeness (QED) is 0.0900. The Bertz CT molecular complexity index is 1320. The van der Waals surface area contributed by atoms with Crippen LogP contribution in [0.3, 0.4) is 0 Å². The van der Waals surface area contributed by atoms with Crippen molar-refractivity contribution in [1.82, 2.24) is 14.6 Å². The number of aryl methyl sites for hydroxylation is 2. The highest BCUT2D eigenvalue weighted by Gasteiger charge is 2.19. The minimum absolute atomic E-state index is 0.00901. The van der Waals surface area contributed by atoms with Crippen LogP contribution in [0.25, 0.3) is 5.52 Å². The first-order valence-electron chi connectivity index (χ1n) is 16.2. The first kappa shape index (κ1) is 34.2. The topological polar surface area (TPSA) is 80.1 Å². The van der Waals surface area contributed by atoms with Gasteiger partial charge in [-0.1, -0.05) is 57.9 Å². The first-order chi connectivity index (χ1) is 20.8. The third kappa shape index (κ3) is 10.4. The standard InChI is InChI=1S/C36H51N3O4/c1-6-9-20-38(21-10-7-2)22-11-12-28-13-15-30(16-14-28)36(42)35-29(8-3)24-32-25-31(18-23-39(32)35)33(40)17-19-37-26-34(41)43-27(4)5/h13-16,18,23-25,27,37H,6-12,17,19-22,26H2,1-5H3. The monoisotopic (exact) mass is 589 g/mol. The van der Waals surface area contributed by atoms with Gasteiger partial charge in [-0.2, -0.15) is 0 Å². The molecular weight excluding hydrogens is 538 g/mol. The van der Waals surface area contributed by atoms with Gasteiger partial charge in [-0.05, 0) is 94.9 Å². The van der Waals surface area contributed by atoms with Gasteiger partial charge in [-0.15, -0.1) is 0 Å². The van der Waals surface area contributed by atoms with Crippen LogP contribution in [-0.2, 0) is 22.4 Å². The molecule has 7 nitrogen and oxygen atoms in total. The first-order valence-corrected chi connectivity index (χ1v) is 16.2. The molecule has 3 aromatic rings. The largest absolute Gasteiger partial charge is 0.462 e. The van der Waals surface area contributed by atoms with E-state index in [4.69, 9.17) is 4.74 Å². The van der Waals surface area contributed by atoms with Gasteiger partial charge < -0.3 is 19.4 Å². The Balaban J connectivity index is 1.62. The number of fused-ring (bicyclic) bond motifs is 1. The number of benzene rings is 1. The number of esters is 1. The van der Waals surface area contributed by atoms with Gasteiger partial charge in [0.15, 0.2) is 5.78 Å². The van der Waals surface area contributed by atoms with Crippen molar-refractivity contribution in [3.8, 4) is 0 Å². The van der Waals surface area contributed by atoms with Crippen LogP contribution in [0.5, 0.6) is 0 Å². The zero-order chi connectivity index (χ0) is 31.2. The zero-order valence-electron chi connectivity index (χ0n) is 26.9. The number of aromatic nitrogens is 1. The number of carbonyl (C=O) groups excluding carboxylic acids is 3. The number of Topliss-reactive ketones (excluding diaryl/α,β-unsaturated/α-hetero) is 1. The third-order valence-corrected chi connectivity index (χ3v) is 7.75. The van der Waals surface area contributed by atoms with Gasteiger partial charge in [-0.3, -0.25) is 14.4 Å². The van der Waals surface area contributed by atoms with Crippen molar-refractivity contribution in [1.29, 1.82) is 0 Å². The van der Waals surface area contributed by atoms with Crippen molar-refractivity contribution in [3.05, 3.63) is 76.6 Å². The van der Waals surface area contributed by atoms with Gasteiger partial charge >= 0.3 is 5.97 Å². The van der Waals surface area contributed by atoms with E-state index in [1.807, 2.05) is 41.8 Å². The van der Waals surface area contributed by atoms with Crippen molar-refractivity contribution in [2.45, 2.75) is 92.1 Å². The zero-order valence-corrected chi connectivity index (χ0v) is 26.9. The molecule has 0 atom stereocenters. The van der Waals surface area contributed by atoms with Crippen LogP contribution in [0, 0.1) is 0 Å². The molecule has 0 spiro atoms. The van der Waals surface area contributed by atoms with Crippen LogP contribution in [0.4, 0.5) is 0 Å². The number of nitrogens with zero attached hydrogens (tertiary/aromatic N) is 2. The van der Waals surface area contributed by atoms with Crippen LogP contribution in [0.2, 0.25) is 0 Å². The smallest absolute Gasteiger partial charge is 0.320 e. The molecule has 0 aliphatic heterocycles. The molecule has 0 saturated carbocycles. The Morgan fingerprint density at radius 1 is 0.884 bits per heavy atom. The minimum Gasteiger partial charge on any atom is -0.462 e. The number of ether oxygens (including phenoxy) is 1. The van der Waals surface area contributed by atoms with E-state index in [0.29, 0.717) is 29.8 Å². The lowest BCUT2D eigenvalue weighted by molar-refractivity contribution is -0.146. The van der Waals surface area contributed by atoms with E-state index in [-0.39, 0.29) is 36.6 Å². The highest BCUT2D eigenvalue weighted by Crippen LogP contribution is 2.23. The molecule has 1 aromatic carbocycles. The molecule has 0 unspecified atom stereocenters. The molecule has 0 aliphatic carbocycles. The van der Waals surface area contributed by atoms with Crippen molar-refractivity contribution >= 4 is 23.1 Å². The lowest BCUT2D eigenvalue weighted by atomic mass is 10.0. The van der Waals surface area contributed by atoms with Crippen LogP contribution in [0.15, 0.2) is 48.7 Å². The van der Waals surface area contributed by atoms with Crippen LogP contribution in [0.1, 0.15) is 111 Å². The normalized spacial score (nSPS) is 11.5. The molecule has 2 aromatic heterocycles. The molecule has 0 amide bonds. The van der Waals surface area contributed by atoms with Gasteiger partial charge in [0.05, 0.1) is 18.3 Å². The fraction of sp³-hybridized carbons (Fsp3) is 0.528. The van der Waals surface area contributed by atoms with Crippen molar-refractivity contribution in [2.24, 2.45) is 0 Å². The van der Waals surface area contributed by atoms with Crippen LogP contribution in [-0.4, -0.2) is 65.7 Å². The molecule has 3 rings (SSSR count). The van der Waals surface area contributed by atoms with Gasteiger partial charge in [0.2, 0.25) is 5.78 Å². The lowest BCUT2D eigenvalue weighted by Crippen LogP contribution is -2.28. The predicted molar refractivity (Wildman–Crippen MR) is 174 cm³/mol. The number of unbranched alkanes of at least 4 members (excludes halogenated alkanes) is 2. The molecule has 7 heteroatoms. The minimum atomic E-state index is -0.331. The van der Waals surface area contributed by atoms with E-state index in [1.54, 1.807) is 19.9 Å². The molecule has 0 bridgehead atoms. The second-order valence-electron chi connectivity index (χ2n) is 11.6. The van der Waals surface area contributed by atoms with Gasteiger partial charge in [0.1, 0.15) is 0 Å². The van der Waals surface area contributed by atoms with Gasteiger partial charge in [0, 0.05) is 35.8 Å². The summed E-state index contributed by atoms with van der Waals surface area (Å²) in [4.78, 5) is 40.8. The number of pyridine rings is 1. The van der Waals surface area contributed by atoms with E-state index < -0.39 is 0 Å². The number of hydrogen-bond donors (Lipinski definition) is 1. The molecule has 0 fully saturated rings. The van der Waals surface area contributed by atoms with Crippen molar-refractivity contribution < 1.29 is 19.1 Å². The average Bonchev–Trinajstić information content (AvgIpc) is 3.37. The fourth-order valence-electron chi connectivity index (χ4n) is 5.34. The summed E-state index contributed by atoms with van der Waals surface area (Å²) < 4.78 is 6.99. The fourth-order valence-corrected chi connectivity index (χ4v) is 5.34. The van der Waals surface area contributed by atoms with Gasteiger partial charge in [0.25, 0.3) is 0 Å². The average molecular weight is 590 g/mol. The summed E-state index contributed by atoms with van der Waals surface area (Å²) in [6.45, 7) is 14.1. The molecule has 0 saturated heterocycles. The van der Waals surface area contributed by atoms with Crippen molar-refractivity contribution in [2.75, 3.05) is 32.7 Å². The van der Waals surface area contributed by atoms with Crippen LogP contribution >= 0.6 is 0 Å². The highest BCUT2D eigenvalue weighted by atomic mass is 16.5. The molecular formula is C36H51N3O4. The Kier molecular flexibility index (Phi) is 14.1. The number of ketones is 2. The van der Waals surface area contributed by atoms with E-state index >= 15 is 0 Å². The van der Waals surface area contributed by atoms with Gasteiger partial charge in [-0.25, -0.2) is 0 Å². The molecule has 0 aliphatic rings. The van der Waals surface area contributed by atoms with Crippen molar-refractivity contribution in [3.63, 3.8) is 0 Å². The maximum Gasteiger partial charge on any atom is 0.320 e. The molecule has 234 valence electrons. The summed E-state index contributed by atoms with van der Waals surface area (Å²) in [5, 5.41) is 2.97. The molecule has 1 N–H and O–H groups in total. The lowest BCUT2D eigenvalue weighted by Gasteiger charge is -2.21. The third-order valence-electron chi connectivity index (χ3n) is 7.75. The summed E-state index contributed by atoms with van der Waals surface area (Å²) in [6.07, 6.45) is 9.72. The second-order valence-corrected chi connectivity index (χ2v) is 11.6. The second kappa shape index (κ2) is 17.7. The Morgan fingerprint density at radius 3 is 2.19 bits per heavy atom. The number of nitrogens with one attached hydrogen (secondary N) is 1. The van der Waals surface area contributed by atoms with E-state index in [1.165, 1.54) is 44.3 Å². The van der Waals surface area contributed by atoms with E-state index in [9.17, 15) is 14.4 Å². The molecule has 0 radical (unpaired) electrons. The maximum atomic E-state index is 13.7. The summed E-state index contributed by atoms with van der Waals surface area (Å²) in [7, 11) is 0. The Hall–Kier alpha value is -3.29. The summed E-state index contributed by atoms with van der Waals surface area (Å²) in [6, 6.07) is 13.7. The number of hydrogen-bond acceptors (Lipinski definition) is 6.